The Morgan fingerprint density at radius 3 is 2.77 bits per heavy atom. The van der Waals surface area contributed by atoms with E-state index in [1.54, 1.807) is 6.07 Å². The zero-order chi connectivity index (χ0) is 21.3. The summed E-state index contributed by atoms with van der Waals surface area (Å²) in [4.78, 5) is 12.7. The SMILES string of the molecule is CC1CC2CC1C(C(=O)N[C@H](C#N)Cc1ccc(-c3cccc(NS)c3)cc1F)N2. The van der Waals surface area contributed by atoms with Gasteiger partial charge in [0.15, 0.2) is 0 Å². The highest BCUT2D eigenvalue weighted by atomic mass is 32.1. The van der Waals surface area contributed by atoms with Gasteiger partial charge in [-0.3, -0.25) is 4.79 Å². The predicted molar refractivity (Wildman–Crippen MR) is 118 cm³/mol. The van der Waals surface area contributed by atoms with Crippen molar-refractivity contribution in [2.45, 2.75) is 44.3 Å². The van der Waals surface area contributed by atoms with Gasteiger partial charge in [-0.15, -0.1) is 0 Å². The molecule has 5 nitrogen and oxygen atoms in total. The Balaban J connectivity index is 1.43. The summed E-state index contributed by atoms with van der Waals surface area (Å²) >= 11 is 4.04. The Hall–Kier alpha value is -2.56. The van der Waals surface area contributed by atoms with Gasteiger partial charge in [0.1, 0.15) is 11.9 Å². The average molecular weight is 425 g/mol. The fourth-order valence-electron chi connectivity index (χ4n) is 4.80. The molecule has 2 fully saturated rings. The third-order valence-electron chi connectivity index (χ3n) is 6.34. The highest BCUT2D eigenvalue weighted by Crippen LogP contribution is 2.40. The van der Waals surface area contributed by atoms with E-state index in [0.717, 1.165) is 29.7 Å². The Morgan fingerprint density at radius 2 is 2.10 bits per heavy atom. The molecule has 1 saturated carbocycles. The number of thiol groups is 1. The number of nitrogens with zero attached hydrogens (tertiary/aromatic N) is 1. The number of fused-ring (bicyclic) bond motifs is 2. The normalized spacial score (nSPS) is 25.5. The van der Waals surface area contributed by atoms with Crippen LogP contribution in [0.1, 0.15) is 25.3 Å². The van der Waals surface area contributed by atoms with Crippen LogP contribution in [-0.2, 0) is 11.2 Å². The minimum atomic E-state index is -0.772. The van der Waals surface area contributed by atoms with E-state index in [4.69, 9.17) is 0 Å². The van der Waals surface area contributed by atoms with Gasteiger partial charge in [-0.05, 0) is 59.6 Å². The van der Waals surface area contributed by atoms with Crippen LogP contribution in [0, 0.1) is 29.0 Å². The summed E-state index contributed by atoms with van der Waals surface area (Å²) in [5.41, 5.74) is 2.82. The minimum Gasteiger partial charge on any atom is -0.339 e. The van der Waals surface area contributed by atoms with Gasteiger partial charge in [0, 0.05) is 18.2 Å². The molecule has 30 heavy (non-hydrogen) atoms. The van der Waals surface area contributed by atoms with E-state index < -0.39 is 11.9 Å². The standard InChI is InChI=1S/C23H25FN4OS/c1-13-7-18-11-20(13)22(26-18)23(29)27-19(12-25)9-16-6-5-15(10-21(16)24)14-3-2-4-17(8-14)28-30/h2-6,8,10,13,18-20,22,26,28,30H,7,9,11H2,1H3,(H,27,29)/t13?,18?,19-,20?,22?/m0/s1. The summed E-state index contributed by atoms with van der Waals surface area (Å²) in [6, 6.07) is 13.9. The largest absolute Gasteiger partial charge is 0.339 e. The molecule has 1 saturated heterocycles. The molecule has 0 radical (unpaired) electrons. The van der Waals surface area contributed by atoms with Crippen LogP contribution in [0.3, 0.4) is 0 Å². The van der Waals surface area contributed by atoms with Gasteiger partial charge in [0.05, 0.1) is 12.1 Å². The van der Waals surface area contributed by atoms with Crippen molar-refractivity contribution < 1.29 is 9.18 Å². The summed E-state index contributed by atoms with van der Waals surface area (Å²) < 4.78 is 17.5. The first kappa shape index (κ1) is 20.7. The van der Waals surface area contributed by atoms with Crippen molar-refractivity contribution in [1.82, 2.24) is 10.6 Å². The van der Waals surface area contributed by atoms with Gasteiger partial charge in [-0.2, -0.15) is 5.26 Å². The van der Waals surface area contributed by atoms with E-state index in [1.807, 2.05) is 30.3 Å². The zero-order valence-electron chi connectivity index (χ0n) is 16.7. The number of rotatable bonds is 6. The van der Waals surface area contributed by atoms with Crippen LogP contribution < -0.4 is 15.4 Å². The van der Waals surface area contributed by atoms with Crippen molar-refractivity contribution in [3.05, 3.63) is 53.8 Å². The number of piperidine rings is 1. The number of nitrogens with one attached hydrogen (secondary N) is 3. The fourth-order valence-corrected chi connectivity index (χ4v) is 4.94. The molecular weight excluding hydrogens is 399 g/mol. The van der Waals surface area contributed by atoms with Gasteiger partial charge in [-0.1, -0.05) is 44.0 Å². The molecule has 0 aromatic heterocycles. The van der Waals surface area contributed by atoms with E-state index in [-0.39, 0.29) is 18.4 Å². The molecule has 2 aromatic rings. The third kappa shape index (κ3) is 4.16. The minimum absolute atomic E-state index is 0.128. The van der Waals surface area contributed by atoms with Gasteiger partial charge < -0.3 is 15.4 Å². The lowest BCUT2D eigenvalue weighted by Gasteiger charge is -2.28. The second-order valence-electron chi connectivity index (χ2n) is 8.35. The van der Waals surface area contributed by atoms with E-state index in [2.05, 4.69) is 41.2 Å². The molecule has 156 valence electrons. The first-order valence-corrected chi connectivity index (χ1v) is 10.7. The highest BCUT2D eigenvalue weighted by Gasteiger charge is 2.47. The molecule has 2 aromatic carbocycles. The van der Waals surface area contributed by atoms with E-state index in [9.17, 15) is 14.4 Å². The van der Waals surface area contributed by atoms with E-state index in [1.165, 1.54) is 6.07 Å². The molecule has 2 aliphatic rings. The highest BCUT2D eigenvalue weighted by molar-refractivity contribution is 7.81. The molecule has 2 bridgehead atoms. The van der Waals surface area contributed by atoms with Crippen LogP contribution in [0.25, 0.3) is 11.1 Å². The third-order valence-corrected chi connectivity index (χ3v) is 6.60. The van der Waals surface area contributed by atoms with Crippen LogP contribution in [0.4, 0.5) is 10.1 Å². The maximum Gasteiger partial charge on any atom is 0.238 e. The molecule has 0 spiro atoms. The Kier molecular flexibility index (Phi) is 5.98. The van der Waals surface area contributed by atoms with Gasteiger partial charge in [-0.25, -0.2) is 4.39 Å². The van der Waals surface area contributed by atoms with Crippen molar-refractivity contribution >= 4 is 24.4 Å². The Morgan fingerprint density at radius 1 is 1.30 bits per heavy atom. The molecule has 1 aliphatic heterocycles. The Labute approximate surface area is 181 Å². The molecule has 3 N–H and O–H groups in total. The summed E-state index contributed by atoms with van der Waals surface area (Å²) in [7, 11) is 0. The van der Waals surface area contributed by atoms with Gasteiger partial charge >= 0.3 is 0 Å². The lowest BCUT2D eigenvalue weighted by atomic mass is 9.89. The van der Waals surface area contributed by atoms with Crippen LogP contribution in [-0.4, -0.2) is 24.0 Å². The van der Waals surface area contributed by atoms with Crippen LogP contribution in [0.5, 0.6) is 0 Å². The average Bonchev–Trinajstić information content (AvgIpc) is 3.34. The number of carbonyl (C=O) groups excluding carboxylic acids is 1. The van der Waals surface area contributed by atoms with E-state index >= 15 is 0 Å². The number of nitriles is 1. The molecular formula is C23H25FN4OS. The lowest BCUT2D eigenvalue weighted by molar-refractivity contribution is -0.124. The van der Waals surface area contributed by atoms with Crippen LogP contribution in [0.2, 0.25) is 0 Å². The maximum absolute atomic E-state index is 14.8. The lowest BCUT2D eigenvalue weighted by Crippen LogP contribution is -2.52. The number of carbonyl (C=O) groups is 1. The maximum atomic E-state index is 14.8. The number of hydrogen-bond acceptors (Lipinski definition) is 5. The number of halogens is 1. The second kappa shape index (κ2) is 8.66. The number of hydrogen-bond donors (Lipinski definition) is 4. The first-order chi connectivity index (χ1) is 14.5. The van der Waals surface area contributed by atoms with E-state index in [0.29, 0.717) is 23.4 Å². The van der Waals surface area contributed by atoms with Crippen molar-refractivity contribution in [2.75, 3.05) is 4.72 Å². The van der Waals surface area contributed by atoms with Crippen molar-refractivity contribution in [2.24, 2.45) is 11.8 Å². The fraction of sp³-hybridized carbons (Fsp3) is 0.391. The van der Waals surface area contributed by atoms with Crippen LogP contribution in [0.15, 0.2) is 42.5 Å². The predicted octanol–water partition coefficient (Wildman–Crippen LogP) is 3.69. The van der Waals surface area contributed by atoms with Gasteiger partial charge in [0.25, 0.3) is 0 Å². The van der Waals surface area contributed by atoms with Crippen molar-refractivity contribution in [3.63, 3.8) is 0 Å². The molecule has 1 heterocycles. The summed E-state index contributed by atoms with van der Waals surface area (Å²) in [5.74, 6) is 0.272. The van der Waals surface area contributed by atoms with Crippen molar-refractivity contribution in [1.29, 1.82) is 5.26 Å². The number of anilines is 1. The quantitative estimate of drug-likeness (QED) is 0.534. The van der Waals surface area contributed by atoms with Gasteiger partial charge in [0.2, 0.25) is 5.91 Å². The monoisotopic (exact) mass is 424 g/mol. The number of benzene rings is 2. The molecule has 7 heteroatoms. The summed E-state index contributed by atoms with van der Waals surface area (Å²) in [6.07, 6.45) is 2.24. The summed E-state index contributed by atoms with van der Waals surface area (Å²) in [6.45, 7) is 2.17. The summed E-state index contributed by atoms with van der Waals surface area (Å²) in [5, 5.41) is 15.7. The molecule has 1 aliphatic carbocycles. The Bertz CT molecular complexity index is 991. The topological polar surface area (TPSA) is 77.0 Å². The molecule has 4 unspecified atom stereocenters. The van der Waals surface area contributed by atoms with Crippen molar-refractivity contribution in [3.8, 4) is 17.2 Å². The second-order valence-corrected chi connectivity index (χ2v) is 8.57. The van der Waals surface area contributed by atoms with Crippen LogP contribution >= 0.6 is 12.8 Å². The smallest absolute Gasteiger partial charge is 0.238 e. The first-order valence-electron chi connectivity index (χ1n) is 10.2. The molecule has 1 amide bonds. The molecule has 4 rings (SSSR count). The number of amides is 1. The zero-order valence-corrected chi connectivity index (χ0v) is 17.6. The molecule has 5 atom stereocenters.